The van der Waals surface area contributed by atoms with Crippen LogP contribution in [0.1, 0.15) is 48.8 Å². The molecule has 1 aromatic heterocycles. The largest absolute Gasteiger partial charge is 0.504 e. The number of hydrogen-bond acceptors (Lipinski definition) is 7. The second-order valence-electron chi connectivity index (χ2n) is 10.7. The van der Waals surface area contributed by atoms with Gasteiger partial charge in [-0.2, -0.15) is 0 Å². The lowest BCUT2D eigenvalue weighted by molar-refractivity contribution is -0.184. The average molecular weight is 480 g/mol. The Balaban J connectivity index is 1.25. The predicted octanol–water partition coefficient (Wildman–Crippen LogP) is 3.89. The highest BCUT2D eigenvalue weighted by atomic mass is 32.2. The van der Waals surface area contributed by atoms with Crippen molar-refractivity contribution in [3.05, 3.63) is 53.5 Å². The van der Waals surface area contributed by atoms with Crippen molar-refractivity contribution in [2.75, 3.05) is 13.1 Å². The normalized spacial score (nSPS) is 35.9. The van der Waals surface area contributed by atoms with Crippen LogP contribution in [-0.2, 0) is 16.6 Å². The molecule has 5 atom stereocenters. The van der Waals surface area contributed by atoms with Gasteiger partial charge in [0.05, 0.1) is 28.8 Å². The molecular weight excluding hydrogens is 450 g/mol. The molecule has 0 amide bonds. The molecule has 5 aliphatic rings. The van der Waals surface area contributed by atoms with E-state index in [9.17, 15) is 15.0 Å². The Morgan fingerprint density at radius 1 is 1.24 bits per heavy atom. The molecule has 7 heteroatoms. The van der Waals surface area contributed by atoms with Crippen LogP contribution >= 0.6 is 11.8 Å². The van der Waals surface area contributed by atoms with Crippen LogP contribution < -0.4 is 4.74 Å². The number of ether oxygens (including phenoxy) is 1. The Hall–Kier alpha value is -2.22. The fourth-order valence-corrected chi connectivity index (χ4v) is 8.37. The number of phenols is 1. The van der Waals surface area contributed by atoms with E-state index < -0.39 is 11.0 Å². The van der Waals surface area contributed by atoms with Crippen LogP contribution in [0, 0.1) is 5.92 Å². The van der Waals surface area contributed by atoms with E-state index in [0.717, 1.165) is 43.0 Å². The third kappa shape index (κ3) is 2.87. The number of furan rings is 1. The molecule has 0 radical (unpaired) electrons. The van der Waals surface area contributed by atoms with Crippen LogP contribution in [0.15, 0.2) is 41.2 Å². The smallest absolute Gasteiger partial charge is 0.212 e. The number of nitrogens with zero attached hydrogens (tertiary/aromatic N) is 1. The van der Waals surface area contributed by atoms with Crippen molar-refractivity contribution in [1.29, 1.82) is 0 Å². The SMILES string of the molecule is O=C(/C=C/c1ccoc1)S[C@@H]1CC[C@@]2(O)[C@H]3Cc4ccc(O)c5c4[C@@]2(CCN3CC2CC2)[C@H]1O5. The maximum absolute atomic E-state index is 12.9. The van der Waals surface area contributed by atoms with Gasteiger partial charge in [0.25, 0.3) is 0 Å². The zero-order valence-corrected chi connectivity index (χ0v) is 19.8. The van der Waals surface area contributed by atoms with E-state index in [2.05, 4.69) is 4.90 Å². The summed E-state index contributed by atoms with van der Waals surface area (Å²) in [6.07, 6.45) is 11.7. The van der Waals surface area contributed by atoms with Crippen molar-refractivity contribution in [3.8, 4) is 11.5 Å². The summed E-state index contributed by atoms with van der Waals surface area (Å²) in [5.74, 6) is 1.43. The first-order chi connectivity index (χ1) is 16.5. The molecule has 3 heterocycles. The summed E-state index contributed by atoms with van der Waals surface area (Å²) in [6, 6.07) is 5.62. The van der Waals surface area contributed by atoms with E-state index in [0.29, 0.717) is 18.6 Å². The number of piperidine rings is 1. The minimum absolute atomic E-state index is 0.0319. The molecule has 1 saturated heterocycles. The molecule has 2 saturated carbocycles. The molecule has 7 rings (SSSR count). The minimum atomic E-state index is -0.913. The molecular formula is C27H29NO5S. The molecule has 2 aliphatic heterocycles. The molecule has 2 bridgehead atoms. The van der Waals surface area contributed by atoms with Crippen molar-refractivity contribution in [1.82, 2.24) is 4.90 Å². The lowest BCUT2D eigenvalue weighted by Crippen LogP contribution is -2.77. The third-order valence-corrected chi connectivity index (χ3v) is 10.1. The molecule has 3 fully saturated rings. The van der Waals surface area contributed by atoms with Gasteiger partial charge in [-0.05, 0) is 80.8 Å². The molecule has 3 aliphatic carbocycles. The number of carbonyl (C=O) groups excluding carboxylic acids is 1. The monoisotopic (exact) mass is 479 g/mol. The summed E-state index contributed by atoms with van der Waals surface area (Å²) in [5.41, 5.74) is 1.55. The fraction of sp³-hybridized carbons (Fsp3) is 0.519. The van der Waals surface area contributed by atoms with Gasteiger partial charge in [-0.3, -0.25) is 9.69 Å². The van der Waals surface area contributed by atoms with Gasteiger partial charge in [0, 0.05) is 23.7 Å². The first-order valence-electron chi connectivity index (χ1n) is 12.4. The van der Waals surface area contributed by atoms with E-state index in [-0.39, 0.29) is 28.3 Å². The second kappa shape index (κ2) is 7.39. The summed E-state index contributed by atoms with van der Waals surface area (Å²) in [7, 11) is 0. The Kier molecular flexibility index (Phi) is 4.58. The Bertz CT molecular complexity index is 1170. The molecule has 6 nitrogen and oxygen atoms in total. The van der Waals surface area contributed by atoms with E-state index in [1.54, 1.807) is 30.7 Å². The molecule has 2 aromatic rings. The number of aliphatic hydroxyl groups is 1. The quantitative estimate of drug-likeness (QED) is 0.630. The maximum Gasteiger partial charge on any atom is 0.212 e. The number of likely N-dealkylation sites (tertiary alicyclic amines) is 1. The minimum Gasteiger partial charge on any atom is -0.504 e. The maximum atomic E-state index is 12.9. The van der Waals surface area contributed by atoms with E-state index in [4.69, 9.17) is 9.15 Å². The standard InChI is InChI=1S/C27H29NO5S/c29-19-5-4-18-13-21-27(31)9-7-20(34-22(30)6-3-17-8-12-32-15-17)25-26(27,23(18)24(19)33-25)10-11-28(21)14-16-1-2-16/h3-6,8,12,15-16,20-21,25,29,31H,1-2,7,9-11,13-14H2/b6-3+/t20-,21-,25+,26+,27-/m1/s1. The second-order valence-corrected chi connectivity index (χ2v) is 11.9. The number of phenolic OH excluding ortho intramolecular Hbond substituents is 1. The molecule has 0 unspecified atom stereocenters. The summed E-state index contributed by atoms with van der Waals surface area (Å²) in [5, 5.41) is 23.1. The number of thioether (sulfide) groups is 1. The van der Waals surface area contributed by atoms with Gasteiger partial charge in [0.1, 0.15) is 6.10 Å². The zero-order valence-electron chi connectivity index (χ0n) is 19.0. The van der Waals surface area contributed by atoms with Gasteiger partial charge < -0.3 is 19.4 Å². The molecule has 1 spiro atoms. The van der Waals surface area contributed by atoms with Crippen molar-refractivity contribution in [3.63, 3.8) is 0 Å². The lowest BCUT2D eigenvalue weighted by Gasteiger charge is -2.64. The van der Waals surface area contributed by atoms with Crippen LogP contribution in [0.5, 0.6) is 11.5 Å². The Morgan fingerprint density at radius 3 is 2.91 bits per heavy atom. The number of carbonyl (C=O) groups is 1. The molecule has 2 N–H and O–H groups in total. The van der Waals surface area contributed by atoms with Gasteiger partial charge >= 0.3 is 0 Å². The van der Waals surface area contributed by atoms with Gasteiger partial charge in [-0.1, -0.05) is 17.8 Å². The highest BCUT2D eigenvalue weighted by Crippen LogP contribution is 2.66. The highest BCUT2D eigenvalue weighted by Gasteiger charge is 2.73. The van der Waals surface area contributed by atoms with Gasteiger partial charge in [-0.25, -0.2) is 0 Å². The summed E-state index contributed by atoms with van der Waals surface area (Å²) < 4.78 is 11.6. The Labute approximate surface area is 203 Å². The Morgan fingerprint density at radius 2 is 2.12 bits per heavy atom. The lowest BCUT2D eigenvalue weighted by atomic mass is 9.49. The van der Waals surface area contributed by atoms with Crippen LogP contribution in [0.2, 0.25) is 0 Å². The van der Waals surface area contributed by atoms with Crippen LogP contribution in [-0.4, -0.2) is 56.3 Å². The van der Waals surface area contributed by atoms with E-state index in [1.807, 2.05) is 12.1 Å². The van der Waals surface area contributed by atoms with Gasteiger partial charge in [-0.15, -0.1) is 0 Å². The van der Waals surface area contributed by atoms with E-state index in [1.165, 1.54) is 30.2 Å². The molecule has 178 valence electrons. The van der Waals surface area contributed by atoms with Crippen LogP contribution in [0.25, 0.3) is 6.08 Å². The topological polar surface area (TPSA) is 83.1 Å². The van der Waals surface area contributed by atoms with Gasteiger partial charge in [0.15, 0.2) is 11.5 Å². The van der Waals surface area contributed by atoms with Crippen molar-refractivity contribution < 1.29 is 24.2 Å². The number of rotatable bonds is 5. The van der Waals surface area contributed by atoms with Crippen molar-refractivity contribution >= 4 is 23.0 Å². The zero-order chi connectivity index (χ0) is 23.1. The first-order valence-corrected chi connectivity index (χ1v) is 13.3. The fourth-order valence-electron chi connectivity index (χ4n) is 7.28. The summed E-state index contributed by atoms with van der Waals surface area (Å²) in [6.45, 7) is 1.98. The number of aromatic hydroxyl groups is 1. The van der Waals surface area contributed by atoms with Crippen molar-refractivity contribution in [2.45, 2.75) is 66.9 Å². The van der Waals surface area contributed by atoms with E-state index >= 15 is 0 Å². The molecule has 1 aromatic carbocycles. The van der Waals surface area contributed by atoms with Crippen molar-refractivity contribution in [2.24, 2.45) is 5.92 Å². The first kappa shape index (κ1) is 21.1. The van der Waals surface area contributed by atoms with Crippen LogP contribution in [0.3, 0.4) is 0 Å². The summed E-state index contributed by atoms with van der Waals surface area (Å²) in [4.78, 5) is 15.4. The number of hydrogen-bond donors (Lipinski definition) is 2. The van der Waals surface area contributed by atoms with Gasteiger partial charge in [0.2, 0.25) is 5.12 Å². The highest BCUT2D eigenvalue weighted by molar-refractivity contribution is 8.14. The third-order valence-electron chi connectivity index (χ3n) is 8.93. The van der Waals surface area contributed by atoms with Crippen LogP contribution in [0.4, 0.5) is 0 Å². The number of benzene rings is 1. The molecule has 34 heavy (non-hydrogen) atoms. The summed E-state index contributed by atoms with van der Waals surface area (Å²) >= 11 is 1.30. The average Bonchev–Trinajstić information content (AvgIpc) is 3.33. The predicted molar refractivity (Wildman–Crippen MR) is 129 cm³/mol.